The van der Waals surface area contributed by atoms with E-state index in [0.29, 0.717) is 0 Å². The summed E-state index contributed by atoms with van der Waals surface area (Å²) in [5.41, 5.74) is 0. The molecule has 0 unspecified atom stereocenters. The maximum Gasteiger partial charge on any atom is 0.247 e. The zero-order chi connectivity index (χ0) is 12.3. The standard InChI is InChI=1S/C15H23NO/c1-2-3-4-5-6-7-9-12-15(17)16-13-10-8-11-14-16/h9,12H,2-5,8,10-11,13-14H2,1H3/b12-9+. The second kappa shape index (κ2) is 8.87. The highest BCUT2D eigenvalue weighted by Crippen LogP contribution is 2.08. The van der Waals surface area contributed by atoms with Gasteiger partial charge < -0.3 is 4.90 Å². The summed E-state index contributed by atoms with van der Waals surface area (Å²) in [4.78, 5) is 13.6. The molecule has 0 aliphatic carbocycles. The van der Waals surface area contributed by atoms with Gasteiger partial charge in [-0.3, -0.25) is 4.79 Å². The molecule has 17 heavy (non-hydrogen) atoms. The van der Waals surface area contributed by atoms with Gasteiger partial charge in [0, 0.05) is 25.6 Å². The number of rotatable bonds is 4. The topological polar surface area (TPSA) is 20.3 Å². The van der Waals surface area contributed by atoms with Gasteiger partial charge in [-0.05, 0) is 31.8 Å². The van der Waals surface area contributed by atoms with Crippen molar-refractivity contribution in [1.82, 2.24) is 4.90 Å². The summed E-state index contributed by atoms with van der Waals surface area (Å²) in [6.45, 7) is 4.00. The number of piperidine rings is 1. The highest BCUT2D eigenvalue weighted by molar-refractivity contribution is 5.88. The van der Waals surface area contributed by atoms with E-state index in [1.54, 1.807) is 12.2 Å². The summed E-state index contributed by atoms with van der Waals surface area (Å²) in [6, 6.07) is 0. The van der Waals surface area contributed by atoms with Crippen LogP contribution in [0.5, 0.6) is 0 Å². The molecule has 1 rings (SSSR count). The van der Waals surface area contributed by atoms with Crippen LogP contribution in [0, 0.1) is 11.8 Å². The maximum atomic E-state index is 11.7. The van der Waals surface area contributed by atoms with E-state index in [1.165, 1.54) is 19.3 Å². The van der Waals surface area contributed by atoms with Crippen LogP contribution in [0.2, 0.25) is 0 Å². The number of likely N-dealkylation sites (tertiary alicyclic amines) is 1. The van der Waals surface area contributed by atoms with E-state index < -0.39 is 0 Å². The van der Waals surface area contributed by atoms with Crippen LogP contribution >= 0.6 is 0 Å². The SMILES string of the molecule is CCCCCC#C/C=C/C(=O)N1CCCCC1. The number of carbonyl (C=O) groups excluding carboxylic acids is 1. The maximum absolute atomic E-state index is 11.7. The van der Waals surface area contributed by atoms with Crippen LogP contribution < -0.4 is 0 Å². The molecule has 1 aliphatic rings. The Morgan fingerprint density at radius 3 is 2.71 bits per heavy atom. The van der Waals surface area contributed by atoms with E-state index >= 15 is 0 Å². The van der Waals surface area contributed by atoms with Crippen LogP contribution in [0.3, 0.4) is 0 Å². The van der Waals surface area contributed by atoms with Crippen molar-refractivity contribution in [2.45, 2.75) is 51.9 Å². The van der Waals surface area contributed by atoms with Crippen molar-refractivity contribution in [3.63, 3.8) is 0 Å². The number of nitrogens with zero attached hydrogens (tertiary/aromatic N) is 1. The Labute approximate surface area is 105 Å². The molecule has 0 atom stereocenters. The van der Waals surface area contributed by atoms with Gasteiger partial charge in [0.05, 0.1) is 0 Å². The average Bonchev–Trinajstić information content (AvgIpc) is 2.38. The first-order chi connectivity index (χ1) is 8.34. The smallest absolute Gasteiger partial charge is 0.247 e. The first-order valence-corrected chi connectivity index (χ1v) is 6.78. The Morgan fingerprint density at radius 2 is 2.00 bits per heavy atom. The lowest BCUT2D eigenvalue weighted by atomic mass is 10.1. The van der Waals surface area contributed by atoms with Gasteiger partial charge in [-0.1, -0.05) is 31.6 Å². The Morgan fingerprint density at radius 1 is 1.24 bits per heavy atom. The molecular formula is C15H23NO. The molecule has 1 fully saturated rings. The molecule has 1 amide bonds. The molecule has 0 N–H and O–H groups in total. The molecule has 1 heterocycles. The van der Waals surface area contributed by atoms with Gasteiger partial charge in [0.15, 0.2) is 0 Å². The molecule has 1 aliphatic heterocycles. The van der Waals surface area contributed by atoms with Crippen molar-refractivity contribution in [2.24, 2.45) is 0 Å². The van der Waals surface area contributed by atoms with Crippen LogP contribution in [-0.2, 0) is 4.79 Å². The van der Waals surface area contributed by atoms with Crippen LogP contribution in [0.25, 0.3) is 0 Å². The van der Waals surface area contributed by atoms with E-state index in [-0.39, 0.29) is 5.91 Å². The minimum atomic E-state index is 0.118. The van der Waals surface area contributed by atoms with Gasteiger partial charge in [0.25, 0.3) is 0 Å². The van der Waals surface area contributed by atoms with Gasteiger partial charge in [-0.15, -0.1) is 0 Å². The Bertz CT molecular complexity index is 303. The number of allylic oxidation sites excluding steroid dienone is 1. The highest BCUT2D eigenvalue weighted by Gasteiger charge is 2.13. The number of amides is 1. The van der Waals surface area contributed by atoms with E-state index in [1.807, 2.05) is 4.90 Å². The third kappa shape index (κ3) is 6.16. The van der Waals surface area contributed by atoms with Crippen molar-refractivity contribution < 1.29 is 4.79 Å². The quantitative estimate of drug-likeness (QED) is 0.415. The van der Waals surface area contributed by atoms with Gasteiger partial charge in [-0.25, -0.2) is 0 Å². The summed E-state index contributed by atoms with van der Waals surface area (Å²) in [5.74, 6) is 6.13. The van der Waals surface area contributed by atoms with Crippen molar-refractivity contribution in [2.75, 3.05) is 13.1 Å². The van der Waals surface area contributed by atoms with Gasteiger partial charge in [0.2, 0.25) is 5.91 Å². The minimum absolute atomic E-state index is 0.118. The normalized spacial score (nSPS) is 15.7. The van der Waals surface area contributed by atoms with Crippen molar-refractivity contribution in [3.8, 4) is 11.8 Å². The summed E-state index contributed by atoms with van der Waals surface area (Å²) in [6.07, 6.45) is 11.4. The first-order valence-electron chi connectivity index (χ1n) is 6.78. The Balaban J connectivity index is 2.20. The highest BCUT2D eigenvalue weighted by atomic mass is 16.2. The van der Waals surface area contributed by atoms with E-state index in [2.05, 4.69) is 18.8 Å². The lowest BCUT2D eigenvalue weighted by Gasteiger charge is -2.25. The minimum Gasteiger partial charge on any atom is -0.339 e. The molecule has 0 aromatic heterocycles. The predicted molar refractivity (Wildman–Crippen MR) is 71.5 cm³/mol. The van der Waals surface area contributed by atoms with E-state index in [0.717, 1.165) is 38.8 Å². The lowest BCUT2D eigenvalue weighted by molar-refractivity contribution is -0.126. The van der Waals surface area contributed by atoms with Crippen molar-refractivity contribution in [1.29, 1.82) is 0 Å². The van der Waals surface area contributed by atoms with Crippen LogP contribution in [0.15, 0.2) is 12.2 Å². The summed E-state index contributed by atoms with van der Waals surface area (Å²) >= 11 is 0. The molecule has 0 saturated carbocycles. The fourth-order valence-corrected chi connectivity index (χ4v) is 1.93. The summed E-state index contributed by atoms with van der Waals surface area (Å²) in [5, 5.41) is 0. The van der Waals surface area contributed by atoms with Crippen LogP contribution in [0.1, 0.15) is 51.9 Å². The zero-order valence-electron chi connectivity index (χ0n) is 10.9. The van der Waals surface area contributed by atoms with E-state index in [9.17, 15) is 4.79 Å². The monoisotopic (exact) mass is 233 g/mol. The Kier molecular flexibility index (Phi) is 7.22. The predicted octanol–water partition coefficient (Wildman–Crippen LogP) is 3.14. The fraction of sp³-hybridized carbons (Fsp3) is 0.667. The zero-order valence-corrected chi connectivity index (χ0v) is 10.9. The largest absolute Gasteiger partial charge is 0.339 e. The second-order valence-electron chi connectivity index (χ2n) is 4.50. The van der Waals surface area contributed by atoms with Crippen molar-refractivity contribution in [3.05, 3.63) is 12.2 Å². The molecular weight excluding hydrogens is 210 g/mol. The molecule has 0 aromatic rings. The third-order valence-corrected chi connectivity index (χ3v) is 2.98. The summed E-state index contributed by atoms with van der Waals surface area (Å²) in [7, 11) is 0. The van der Waals surface area contributed by atoms with Crippen LogP contribution in [0.4, 0.5) is 0 Å². The molecule has 0 spiro atoms. The molecule has 0 aromatic carbocycles. The molecule has 0 bridgehead atoms. The molecule has 94 valence electrons. The first kappa shape index (κ1) is 13.8. The molecule has 2 nitrogen and oxygen atoms in total. The third-order valence-electron chi connectivity index (χ3n) is 2.98. The van der Waals surface area contributed by atoms with Gasteiger partial charge >= 0.3 is 0 Å². The number of unbranched alkanes of at least 4 members (excludes halogenated alkanes) is 3. The fourth-order valence-electron chi connectivity index (χ4n) is 1.93. The molecule has 0 radical (unpaired) electrons. The van der Waals surface area contributed by atoms with Gasteiger partial charge in [0.1, 0.15) is 0 Å². The van der Waals surface area contributed by atoms with Crippen LogP contribution in [-0.4, -0.2) is 23.9 Å². The number of carbonyl (C=O) groups is 1. The molecule has 2 heteroatoms. The number of hydrogen-bond donors (Lipinski definition) is 0. The van der Waals surface area contributed by atoms with Gasteiger partial charge in [-0.2, -0.15) is 0 Å². The number of hydrogen-bond acceptors (Lipinski definition) is 1. The Hall–Kier alpha value is -1.23. The molecule has 1 saturated heterocycles. The summed E-state index contributed by atoms with van der Waals surface area (Å²) < 4.78 is 0. The lowest BCUT2D eigenvalue weighted by Crippen LogP contribution is -2.34. The van der Waals surface area contributed by atoms with E-state index in [4.69, 9.17) is 0 Å². The second-order valence-corrected chi connectivity index (χ2v) is 4.50. The van der Waals surface area contributed by atoms with Crippen molar-refractivity contribution >= 4 is 5.91 Å². The average molecular weight is 233 g/mol.